The molecule has 0 saturated carbocycles. The monoisotopic (exact) mass is 327 g/mol. The summed E-state index contributed by atoms with van der Waals surface area (Å²) < 4.78 is 8.76. The molecule has 0 fully saturated rings. The second-order valence-corrected chi connectivity index (χ2v) is 5.81. The number of hydrogen-bond acceptors (Lipinski definition) is 6. The van der Waals surface area contributed by atoms with Crippen LogP contribution in [0.4, 0.5) is 0 Å². The maximum Gasteiger partial charge on any atom is 0.274 e. The van der Waals surface area contributed by atoms with Gasteiger partial charge in [0.2, 0.25) is 0 Å². The third-order valence-electron chi connectivity index (χ3n) is 4.15. The van der Waals surface area contributed by atoms with E-state index in [0.29, 0.717) is 31.0 Å². The van der Waals surface area contributed by atoms with Crippen LogP contribution >= 0.6 is 0 Å². The minimum atomic E-state index is -0.115. The van der Waals surface area contributed by atoms with Crippen LogP contribution in [0.2, 0.25) is 0 Å². The van der Waals surface area contributed by atoms with E-state index in [1.807, 2.05) is 17.6 Å². The van der Waals surface area contributed by atoms with Crippen molar-refractivity contribution in [3.8, 4) is 0 Å². The van der Waals surface area contributed by atoms with Crippen molar-refractivity contribution in [2.24, 2.45) is 0 Å². The van der Waals surface area contributed by atoms with Crippen molar-refractivity contribution in [2.75, 3.05) is 13.7 Å². The standard InChI is InChI=1S/C15H17N7O2/c1-10-7-20(8-13-18-19-14(9-24-2)21(10)13)15(23)11-6-16-12-4-3-5-17-22(11)12/h3-6,10H,7-9H2,1-2H3/t10-/m0/s1. The van der Waals surface area contributed by atoms with E-state index < -0.39 is 0 Å². The first-order chi connectivity index (χ1) is 11.7. The predicted molar refractivity (Wildman–Crippen MR) is 83.2 cm³/mol. The fourth-order valence-corrected chi connectivity index (χ4v) is 3.13. The van der Waals surface area contributed by atoms with Gasteiger partial charge in [0.15, 0.2) is 23.0 Å². The van der Waals surface area contributed by atoms with Gasteiger partial charge in [-0.25, -0.2) is 9.50 Å². The minimum Gasteiger partial charge on any atom is -0.377 e. The first-order valence-corrected chi connectivity index (χ1v) is 7.68. The third kappa shape index (κ3) is 2.24. The predicted octanol–water partition coefficient (Wildman–Crippen LogP) is 0.684. The lowest BCUT2D eigenvalue weighted by molar-refractivity contribution is 0.0666. The summed E-state index contributed by atoms with van der Waals surface area (Å²) in [6, 6.07) is 3.68. The molecule has 0 N–H and O–H groups in total. The topological polar surface area (TPSA) is 90.4 Å². The fraction of sp³-hybridized carbons (Fsp3) is 0.400. The van der Waals surface area contributed by atoms with Crippen molar-refractivity contribution in [3.05, 3.63) is 41.9 Å². The Bertz CT molecular complexity index is 900. The highest BCUT2D eigenvalue weighted by Gasteiger charge is 2.30. The molecule has 4 heterocycles. The lowest BCUT2D eigenvalue weighted by Gasteiger charge is -2.32. The van der Waals surface area contributed by atoms with Crippen LogP contribution in [0, 0.1) is 0 Å². The van der Waals surface area contributed by atoms with Crippen LogP contribution in [-0.4, -0.2) is 53.8 Å². The number of carbonyl (C=O) groups excluding carboxylic acids is 1. The van der Waals surface area contributed by atoms with Gasteiger partial charge in [-0.05, 0) is 19.1 Å². The first-order valence-electron chi connectivity index (χ1n) is 7.68. The first kappa shape index (κ1) is 14.8. The molecule has 124 valence electrons. The van der Waals surface area contributed by atoms with Crippen LogP contribution in [0.5, 0.6) is 0 Å². The van der Waals surface area contributed by atoms with E-state index in [4.69, 9.17) is 4.74 Å². The van der Waals surface area contributed by atoms with Crippen LogP contribution in [0.3, 0.4) is 0 Å². The van der Waals surface area contributed by atoms with E-state index in [2.05, 4.69) is 20.3 Å². The van der Waals surface area contributed by atoms with Crippen LogP contribution in [-0.2, 0) is 17.9 Å². The molecule has 0 spiro atoms. The van der Waals surface area contributed by atoms with Crippen molar-refractivity contribution < 1.29 is 9.53 Å². The number of hydrogen-bond donors (Lipinski definition) is 0. The van der Waals surface area contributed by atoms with Crippen molar-refractivity contribution >= 4 is 11.6 Å². The molecule has 1 aliphatic rings. The lowest BCUT2D eigenvalue weighted by atomic mass is 10.2. The number of nitrogens with zero attached hydrogens (tertiary/aromatic N) is 7. The average Bonchev–Trinajstić information content (AvgIpc) is 3.19. The van der Waals surface area contributed by atoms with Gasteiger partial charge in [-0.3, -0.25) is 4.79 Å². The number of rotatable bonds is 3. The zero-order valence-electron chi connectivity index (χ0n) is 13.5. The van der Waals surface area contributed by atoms with E-state index in [1.54, 1.807) is 35.0 Å². The third-order valence-corrected chi connectivity index (χ3v) is 4.15. The summed E-state index contributed by atoms with van der Waals surface area (Å²) in [5, 5.41) is 12.6. The average molecular weight is 327 g/mol. The van der Waals surface area contributed by atoms with Gasteiger partial charge in [0.05, 0.1) is 18.8 Å². The lowest BCUT2D eigenvalue weighted by Crippen LogP contribution is -2.41. The number of imidazole rings is 1. The van der Waals surface area contributed by atoms with Crippen molar-refractivity contribution in [3.63, 3.8) is 0 Å². The second-order valence-electron chi connectivity index (χ2n) is 5.81. The molecule has 1 atom stereocenters. The summed E-state index contributed by atoms with van der Waals surface area (Å²) in [7, 11) is 1.63. The summed E-state index contributed by atoms with van der Waals surface area (Å²) in [6.45, 7) is 3.42. The van der Waals surface area contributed by atoms with Crippen molar-refractivity contribution in [1.82, 2.24) is 34.3 Å². The van der Waals surface area contributed by atoms with Crippen LogP contribution < -0.4 is 0 Å². The molecule has 3 aromatic heterocycles. The molecule has 0 bridgehead atoms. The summed E-state index contributed by atoms with van der Waals surface area (Å²) in [5.41, 5.74) is 1.10. The number of ether oxygens (including phenoxy) is 1. The fourth-order valence-electron chi connectivity index (χ4n) is 3.13. The Balaban J connectivity index is 1.65. The Hall–Kier alpha value is -2.81. The minimum absolute atomic E-state index is 0.0741. The van der Waals surface area contributed by atoms with Gasteiger partial charge in [0.25, 0.3) is 5.91 Å². The highest BCUT2D eigenvalue weighted by atomic mass is 16.5. The number of carbonyl (C=O) groups is 1. The van der Waals surface area contributed by atoms with Gasteiger partial charge >= 0.3 is 0 Å². The Morgan fingerprint density at radius 3 is 3.12 bits per heavy atom. The molecule has 1 amide bonds. The smallest absolute Gasteiger partial charge is 0.274 e. The van der Waals surface area contributed by atoms with Crippen LogP contribution in [0.1, 0.15) is 35.1 Å². The van der Waals surface area contributed by atoms with E-state index >= 15 is 0 Å². The van der Waals surface area contributed by atoms with E-state index in [-0.39, 0.29) is 11.9 Å². The molecule has 0 aromatic carbocycles. The summed E-state index contributed by atoms with van der Waals surface area (Å²) in [6.07, 6.45) is 3.20. The highest BCUT2D eigenvalue weighted by molar-refractivity contribution is 5.93. The van der Waals surface area contributed by atoms with Crippen LogP contribution in [0.25, 0.3) is 5.65 Å². The molecule has 0 unspecified atom stereocenters. The maximum atomic E-state index is 12.9. The van der Waals surface area contributed by atoms with Gasteiger partial charge in [-0.1, -0.05) is 0 Å². The number of aromatic nitrogens is 6. The molecular weight excluding hydrogens is 310 g/mol. The van der Waals surface area contributed by atoms with Gasteiger partial charge in [0, 0.05) is 19.9 Å². The van der Waals surface area contributed by atoms with E-state index in [9.17, 15) is 4.79 Å². The Kier molecular flexibility index (Phi) is 3.49. The summed E-state index contributed by atoms with van der Waals surface area (Å²) in [5.74, 6) is 1.43. The SMILES string of the molecule is COCc1nnc2n1[C@@H](C)CN(C(=O)c1cnc3cccnn13)C2. The normalized spacial score (nSPS) is 17.2. The summed E-state index contributed by atoms with van der Waals surface area (Å²) in [4.78, 5) is 18.9. The number of methoxy groups -OCH3 is 1. The maximum absolute atomic E-state index is 12.9. The molecule has 0 saturated heterocycles. The number of fused-ring (bicyclic) bond motifs is 2. The van der Waals surface area contributed by atoms with Gasteiger partial charge in [0.1, 0.15) is 6.61 Å². The highest BCUT2D eigenvalue weighted by Crippen LogP contribution is 2.23. The molecule has 24 heavy (non-hydrogen) atoms. The van der Waals surface area contributed by atoms with Crippen LogP contribution in [0.15, 0.2) is 24.5 Å². The Labute approximate surface area is 137 Å². The van der Waals surface area contributed by atoms with Crippen molar-refractivity contribution in [1.29, 1.82) is 0 Å². The largest absolute Gasteiger partial charge is 0.377 e. The zero-order valence-corrected chi connectivity index (χ0v) is 13.5. The summed E-state index contributed by atoms with van der Waals surface area (Å²) >= 11 is 0. The molecule has 0 aliphatic carbocycles. The van der Waals surface area contributed by atoms with Gasteiger partial charge < -0.3 is 14.2 Å². The zero-order chi connectivity index (χ0) is 16.7. The molecular formula is C15H17N7O2. The molecule has 4 rings (SSSR count). The van der Waals surface area contributed by atoms with E-state index in [0.717, 1.165) is 11.6 Å². The molecule has 1 aliphatic heterocycles. The Morgan fingerprint density at radius 1 is 1.42 bits per heavy atom. The Morgan fingerprint density at radius 2 is 2.29 bits per heavy atom. The number of amides is 1. The quantitative estimate of drug-likeness (QED) is 0.703. The molecule has 9 nitrogen and oxygen atoms in total. The molecule has 3 aromatic rings. The molecule has 9 heteroatoms. The van der Waals surface area contributed by atoms with Crippen molar-refractivity contribution in [2.45, 2.75) is 26.1 Å². The molecule has 0 radical (unpaired) electrons. The second kappa shape index (κ2) is 5.68. The van der Waals surface area contributed by atoms with E-state index in [1.165, 1.54) is 0 Å². The van der Waals surface area contributed by atoms with Gasteiger partial charge in [-0.2, -0.15) is 5.10 Å². The van der Waals surface area contributed by atoms with Gasteiger partial charge in [-0.15, -0.1) is 10.2 Å².